The molecule has 3 unspecified atom stereocenters. The largest absolute Gasteiger partial charge is 0.573 e. The molecule has 216 valence electrons. The fraction of sp³-hybridized carbons (Fsp3) is 0.536. The Morgan fingerprint density at radius 3 is 2.33 bits per heavy atom. The minimum absolute atomic E-state index is 0.0393. The van der Waals surface area contributed by atoms with Crippen LogP contribution < -0.4 is 30.7 Å². The summed E-state index contributed by atoms with van der Waals surface area (Å²) in [7, 11) is 1.64. The number of nitrogens with one attached hydrogen (secondary N) is 4. The van der Waals surface area contributed by atoms with Crippen molar-refractivity contribution in [1.29, 1.82) is 0 Å². The number of amides is 2. The molecule has 3 atom stereocenters. The summed E-state index contributed by atoms with van der Waals surface area (Å²) in [5.41, 5.74) is 1.47. The van der Waals surface area contributed by atoms with Crippen LogP contribution >= 0.6 is 0 Å². The molecule has 1 aliphatic rings. The zero-order chi connectivity index (χ0) is 28.3. The van der Waals surface area contributed by atoms with Gasteiger partial charge in [0.1, 0.15) is 17.8 Å². The molecule has 3 rings (SSSR count). The summed E-state index contributed by atoms with van der Waals surface area (Å²) in [5.74, 6) is 0.451. The summed E-state index contributed by atoms with van der Waals surface area (Å²) in [5, 5.41) is 12.7. The van der Waals surface area contributed by atoms with Gasteiger partial charge in [0, 0.05) is 24.8 Å². The molecule has 11 heteroatoms. The Morgan fingerprint density at radius 1 is 1.03 bits per heavy atom. The molecule has 0 aromatic heterocycles. The fourth-order valence-corrected chi connectivity index (χ4v) is 4.62. The molecule has 1 fully saturated rings. The van der Waals surface area contributed by atoms with Crippen molar-refractivity contribution in [3.8, 4) is 11.5 Å². The number of carbonyl (C=O) groups is 1. The van der Waals surface area contributed by atoms with Crippen molar-refractivity contribution < 1.29 is 27.4 Å². The highest BCUT2D eigenvalue weighted by atomic mass is 19.4. The van der Waals surface area contributed by atoms with Crippen LogP contribution in [0.5, 0.6) is 11.5 Å². The molecule has 1 aliphatic heterocycles. The minimum Gasteiger partial charge on any atom is -0.497 e. The molecule has 0 bridgehead atoms. The minimum atomic E-state index is -4.77. The SMILES string of the molecule is CCCCCCCN1C(C)CC(NCc2ccc(OC)cc2)NC1NC(=O)Nc1ccc(OC(F)(F)F)cc1. The van der Waals surface area contributed by atoms with E-state index < -0.39 is 18.7 Å². The Morgan fingerprint density at radius 2 is 1.69 bits per heavy atom. The lowest BCUT2D eigenvalue weighted by atomic mass is 10.1. The van der Waals surface area contributed by atoms with E-state index in [9.17, 15) is 18.0 Å². The maximum atomic E-state index is 12.9. The molecule has 39 heavy (non-hydrogen) atoms. The predicted molar refractivity (Wildman–Crippen MR) is 145 cm³/mol. The van der Waals surface area contributed by atoms with Crippen LogP contribution in [0.4, 0.5) is 23.7 Å². The van der Waals surface area contributed by atoms with Gasteiger partial charge in [-0.25, -0.2) is 4.79 Å². The average Bonchev–Trinajstić information content (AvgIpc) is 2.89. The van der Waals surface area contributed by atoms with E-state index in [0.29, 0.717) is 12.2 Å². The molecule has 4 N–H and O–H groups in total. The summed E-state index contributed by atoms with van der Waals surface area (Å²) in [6, 6.07) is 12.6. The first-order valence-corrected chi connectivity index (χ1v) is 13.5. The van der Waals surface area contributed by atoms with Gasteiger partial charge in [-0.15, -0.1) is 13.2 Å². The second-order valence-electron chi connectivity index (χ2n) is 9.76. The van der Waals surface area contributed by atoms with Crippen molar-refractivity contribution in [3.63, 3.8) is 0 Å². The first kappa shape index (κ1) is 30.5. The number of alkyl halides is 3. The predicted octanol–water partition coefficient (Wildman–Crippen LogP) is 5.77. The normalized spacial score (nSPS) is 19.9. The third kappa shape index (κ3) is 10.6. The van der Waals surface area contributed by atoms with Crippen LogP contribution in [0.3, 0.4) is 0 Å². The Bertz CT molecular complexity index is 1000. The molecule has 0 saturated carbocycles. The number of ether oxygens (including phenoxy) is 2. The number of halogens is 3. The van der Waals surface area contributed by atoms with Gasteiger partial charge in [0.05, 0.1) is 13.3 Å². The molecular weight excluding hydrogens is 511 g/mol. The second-order valence-corrected chi connectivity index (χ2v) is 9.76. The van der Waals surface area contributed by atoms with Crippen LogP contribution in [-0.4, -0.2) is 49.4 Å². The van der Waals surface area contributed by atoms with Gasteiger partial charge in [0.2, 0.25) is 0 Å². The molecule has 1 heterocycles. The van der Waals surface area contributed by atoms with Crippen molar-refractivity contribution in [2.24, 2.45) is 0 Å². The van der Waals surface area contributed by atoms with Crippen molar-refractivity contribution in [2.45, 2.75) is 83.8 Å². The number of hydrogen-bond acceptors (Lipinski definition) is 6. The molecular formula is C28H40F3N5O3. The number of nitrogens with zero attached hydrogens (tertiary/aromatic N) is 1. The van der Waals surface area contributed by atoms with Gasteiger partial charge in [-0.3, -0.25) is 15.5 Å². The van der Waals surface area contributed by atoms with Gasteiger partial charge >= 0.3 is 12.4 Å². The van der Waals surface area contributed by atoms with Crippen LogP contribution in [-0.2, 0) is 6.54 Å². The first-order valence-electron chi connectivity index (χ1n) is 13.5. The third-order valence-corrected chi connectivity index (χ3v) is 6.68. The summed E-state index contributed by atoms with van der Waals surface area (Å²) in [6.45, 7) is 5.82. The van der Waals surface area contributed by atoms with E-state index in [4.69, 9.17) is 4.74 Å². The number of anilines is 1. The van der Waals surface area contributed by atoms with Crippen LogP contribution in [0.2, 0.25) is 0 Å². The van der Waals surface area contributed by atoms with Gasteiger partial charge in [-0.1, -0.05) is 44.7 Å². The maximum absolute atomic E-state index is 12.9. The van der Waals surface area contributed by atoms with E-state index in [1.807, 2.05) is 24.3 Å². The number of rotatable bonds is 13. The smallest absolute Gasteiger partial charge is 0.497 e. The Kier molecular flexibility index (Phi) is 11.7. The van der Waals surface area contributed by atoms with Crippen LogP contribution in [0.15, 0.2) is 48.5 Å². The van der Waals surface area contributed by atoms with E-state index in [0.717, 1.165) is 49.3 Å². The van der Waals surface area contributed by atoms with Gasteiger partial charge in [-0.2, -0.15) is 0 Å². The monoisotopic (exact) mass is 551 g/mol. The summed E-state index contributed by atoms with van der Waals surface area (Å²) in [6.07, 6.45) is 1.34. The van der Waals surface area contributed by atoms with Crippen LogP contribution in [0.1, 0.15) is 57.9 Å². The number of benzene rings is 2. The lowest BCUT2D eigenvalue weighted by Gasteiger charge is -2.45. The number of methoxy groups -OCH3 is 1. The zero-order valence-electron chi connectivity index (χ0n) is 22.8. The van der Waals surface area contributed by atoms with Crippen LogP contribution in [0.25, 0.3) is 0 Å². The highest BCUT2D eigenvalue weighted by Crippen LogP contribution is 2.24. The summed E-state index contributed by atoms with van der Waals surface area (Å²) >= 11 is 0. The number of carbonyl (C=O) groups excluding carboxylic acids is 1. The molecule has 2 amide bonds. The second kappa shape index (κ2) is 14.9. The molecule has 0 radical (unpaired) electrons. The summed E-state index contributed by atoms with van der Waals surface area (Å²) < 4.78 is 46.4. The van der Waals surface area contributed by atoms with Gasteiger partial charge < -0.3 is 20.1 Å². The van der Waals surface area contributed by atoms with E-state index in [1.165, 1.54) is 31.4 Å². The van der Waals surface area contributed by atoms with Crippen molar-refractivity contribution in [2.75, 3.05) is 19.0 Å². The molecule has 2 aromatic carbocycles. The quantitative estimate of drug-likeness (QED) is 0.237. The van der Waals surface area contributed by atoms with Gasteiger partial charge in [-0.05, 0) is 61.7 Å². The number of hydrogen-bond donors (Lipinski definition) is 4. The lowest BCUT2D eigenvalue weighted by Crippen LogP contribution is -2.69. The van der Waals surface area contributed by atoms with E-state index in [1.54, 1.807) is 7.11 Å². The van der Waals surface area contributed by atoms with Crippen molar-refractivity contribution in [3.05, 3.63) is 54.1 Å². The number of urea groups is 1. The Balaban J connectivity index is 1.60. The fourth-order valence-electron chi connectivity index (χ4n) is 4.62. The zero-order valence-corrected chi connectivity index (χ0v) is 22.8. The number of unbranched alkanes of at least 4 members (excludes halogenated alkanes) is 4. The highest BCUT2D eigenvalue weighted by Gasteiger charge is 2.33. The molecule has 1 saturated heterocycles. The standard InChI is InChI=1S/C28H40F3N5O3/c1-4-5-6-7-8-17-36-20(2)18-25(32-19-21-9-13-23(38-3)14-10-21)34-26(36)35-27(37)33-22-11-15-24(16-12-22)39-28(29,30)31/h9-16,20,25-26,32,34H,4-8,17-19H2,1-3H3,(H2,33,35,37). The van der Waals surface area contributed by atoms with E-state index >= 15 is 0 Å². The Hall–Kier alpha value is -3.02. The summed E-state index contributed by atoms with van der Waals surface area (Å²) in [4.78, 5) is 15.1. The molecule has 0 aliphatic carbocycles. The lowest BCUT2D eigenvalue weighted by molar-refractivity contribution is -0.274. The average molecular weight is 552 g/mol. The molecule has 0 spiro atoms. The van der Waals surface area contributed by atoms with Crippen molar-refractivity contribution in [1.82, 2.24) is 20.9 Å². The Labute approximate surface area is 228 Å². The van der Waals surface area contributed by atoms with Crippen LogP contribution in [0, 0.1) is 0 Å². The maximum Gasteiger partial charge on any atom is 0.573 e. The van der Waals surface area contributed by atoms with Gasteiger partial charge in [0.15, 0.2) is 0 Å². The van der Waals surface area contributed by atoms with E-state index in [-0.39, 0.29) is 18.0 Å². The topological polar surface area (TPSA) is 86.9 Å². The third-order valence-electron chi connectivity index (χ3n) is 6.68. The molecule has 2 aromatic rings. The molecule has 8 nitrogen and oxygen atoms in total. The van der Waals surface area contributed by atoms with Crippen molar-refractivity contribution >= 4 is 11.7 Å². The van der Waals surface area contributed by atoms with E-state index in [2.05, 4.69) is 44.8 Å². The highest BCUT2D eigenvalue weighted by molar-refractivity contribution is 5.89. The first-order chi connectivity index (χ1) is 18.7. The van der Waals surface area contributed by atoms with Gasteiger partial charge in [0.25, 0.3) is 0 Å².